The van der Waals surface area contributed by atoms with Crippen molar-refractivity contribution in [1.82, 2.24) is 0 Å². The maximum atomic E-state index is 14.1. The number of phenols is 1. The molecule has 2 N–H and O–H groups in total. The van der Waals surface area contributed by atoms with Gasteiger partial charge in [-0.3, -0.25) is 4.79 Å². The molecule has 4 nitrogen and oxygen atoms in total. The molecule has 3 rings (SSSR count). The number of nitrogens with one attached hydrogen (secondary N) is 1. The molecule has 0 radical (unpaired) electrons. The Balaban J connectivity index is 2.25. The van der Waals surface area contributed by atoms with Gasteiger partial charge in [0, 0.05) is 11.6 Å². The van der Waals surface area contributed by atoms with E-state index in [2.05, 4.69) is 4.74 Å². The maximum absolute atomic E-state index is 14.1. The van der Waals surface area contributed by atoms with Crippen LogP contribution in [0.1, 0.15) is 0 Å². The van der Waals surface area contributed by atoms with E-state index in [0.717, 1.165) is 0 Å². The summed E-state index contributed by atoms with van der Waals surface area (Å²) < 4.78 is 98.4. The first-order chi connectivity index (χ1) is 11.5. The highest BCUT2D eigenvalue weighted by Gasteiger charge is 2.46. The van der Waals surface area contributed by atoms with Gasteiger partial charge in [-0.25, -0.2) is 17.6 Å². The molecule has 0 fully saturated rings. The molecule has 2 aromatic rings. The van der Waals surface area contributed by atoms with Crippen LogP contribution in [0, 0.1) is 29.1 Å². The largest absolute Gasteiger partial charge is 0.503 e. The van der Waals surface area contributed by atoms with Gasteiger partial charge in [0.1, 0.15) is 5.82 Å². The van der Waals surface area contributed by atoms with Crippen molar-refractivity contribution < 1.29 is 45.4 Å². The van der Waals surface area contributed by atoms with Gasteiger partial charge in [0.2, 0.25) is 5.82 Å². The van der Waals surface area contributed by atoms with Crippen LogP contribution in [0.3, 0.4) is 0 Å². The minimum atomic E-state index is -4.31. The first kappa shape index (κ1) is 16.9. The number of phenolic OH excluding ortho intramolecular Hbond substituents is 1. The van der Waals surface area contributed by atoms with E-state index < -0.39 is 69.4 Å². The van der Waals surface area contributed by atoms with Crippen LogP contribution in [0.5, 0.6) is 11.5 Å². The minimum Gasteiger partial charge on any atom is -0.503 e. The van der Waals surface area contributed by atoms with Crippen LogP contribution in [0.2, 0.25) is 0 Å². The lowest BCUT2D eigenvalue weighted by Crippen LogP contribution is -2.43. The van der Waals surface area contributed by atoms with Crippen LogP contribution in [0.15, 0.2) is 12.1 Å². The summed E-state index contributed by atoms with van der Waals surface area (Å²) in [6.07, 6.45) is -4.31. The third-order valence-corrected chi connectivity index (χ3v) is 3.33. The van der Waals surface area contributed by atoms with Crippen molar-refractivity contribution >= 4 is 11.6 Å². The van der Waals surface area contributed by atoms with E-state index in [1.165, 1.54) is 0 Å². The lowest BCUT2D eigenvalue weighted by atomic mass is 10.0. The molecule has 0 bridgehead atoms. The third kappa shape index (κ3) is 2.42. The van der Waals surface area contributed by atoms with E-state index >= 15 is 0 Å². The second-order valence-corrected chi connectivity index (χ2v) is 4.88. The Morgan fingerprint density at radius 3 is 2.24 bits per heavy atom. The summed E-state index contributed by atoms with van der Waals surface area (Å²) in [5.74, 6) is -15.0. The molecule has 25 heavy (non-hydrogen) atoms. The number of hydrogen-bond donors (Lipinski definition) is 2. The number of carbonyl (C=O) groups excluding carboxylic acids is 1. The number of amides is 1. The standard InChI is InChI=1S/C14H4F7NO3/c15-4-2-6-5(22-13(24)14(20,21)25-6)1-3(4)7-8(16)10(18)11(19)12(23)9(7)17/h1-2,23H,(H,22,24). The predicted octanol–water partition coefficient (Wildman–Crippen LogP) is 3.68. The average Bonchev–Trinajstić information content (AvgIpc) is 2.53. The van der Waals surface area contributed by atoms with Gasteiger partial charge in [-0.15, -0.1) is 0 Å². The Bertz CT molecular complexity index is 900. The molecule has 1 aliphatic rings. The minimum absolute atomic E-state index is 0.259. The van der Waals surface area contributed by atoms with Gasteiger partial charge in [-0.2, -0.15) is 13.2 Å². The van der Waals surface area contributed by atoms with E-state index in [1.807, 2.05) is 0 Å². The van der Waals surface area contributed by atoms with Crippen LogP contribution >= 0.6 is 0 Å². The summed E-state index contributed by atoms with van der Waals surface area (Å²) in [5.41, 5.74) is -3.17. The highest BCUT2D eigenvalue weighted by atomic mass is 19.3. The van der Waals surface area contributed by atoms with E-state index in [-0.39, 0.29) is 6.07 Å². The van der Waals surface area contributed by atoms with Crippen molar-refractivity contribution in [1.29, 1.82) is 0 Å². The van der Waals surface area contributed by atoms with Gasteiger partial charge in [-0.05, 0) is 6.07 Å². The maximum Gasteiger partial charge on any atom is 0.482 e. The molecule has 11 heteroatoms. The molecule has 132 valence electrons. The molecular weight excluding hydrogens is 363 g/mol. The Hall–Kier alpha value is -2.98. The molecule has 0 saturated carbocycles. The molecule has 0 aromatic heterocycles. The number of hydrogen-bond acceptors (Lipinski definition) is 3. The molecule has 0 unspecified atom stereocenters. The number of ether oxygens (including phenoxy) is 1. The smallest absolute Gasteiger partial charge is 0.482 e. The van der Waals surface area contributed by atoms with Crippen molar-refractivity contribution in [3.8, 4) is 22.6 Å². The third-order valence-electron chi connectivity index (χ3n) is 3.33. The zero-order valence-corrected chi connectivity index (χ0v) is 11.6. The quantitative estimate of drug-likeness (QED) is 0.459. The van der Waals surface area contributed by atoms with Crippen LogP contribution in [0.4, 0.5) is 36.4 Å². The highest BCUT2D eigenvalue weighted by molar-refractivity contribution is 5.99. The van der Waals surface area contributed by atoms with E-state index in [1.54, 1.807) is 5.32 Å². The van der Waals surface area contributed by atoms with E-state index in [0.29, 0.717) is 6.07 Å². The number of anilines is 1. The van der Waals surface area contributed by atoms with E-state index in [4.69, 9.17) is 5.11 Å². The SMILES string of the molecule is O=C1Nc2cc(-c3c(F)c(O)c(F)c(F)c3F)c(F)cc2OC1(F)F. The number of halogens is 7. The summed E-state index contributed by atoms with van der Waals surface area (Å²) in [6.45, 7) is 0. The lowest BCUT2D eigenvalue weighted by Gasteiger charge is -2.25. The molecule has 1 amide bonds. The van der Waals surface area contributed by atoms with Gasteiger partial charge in [0.05, 0.1) is 11.3 Å². The van der Waals surface area contributed by atoms with Gasteiger partial charge in [0.15, 0.2) is 29.0 Å². The number of rotatable bonds is 1. The fourth-order valence-corrected chi connectivity index (χ4v) is 2.17. The second-order valence-electron chi connectivity index (χ2n) is 4.88. The zero-order chi connectivity index (χ0) is 18.7. The highest BCUT2D eigenvalue weighted by Crippen LogP contribution is 2.42. The molecule has 0 saturated heterocycles. The van der Waals surface area contributed by atoms with Crippen molar-refractivity contribution in [2.24, 2.45) is 0 Å². The van der Waals surface area contributed by atoms with Gasteiger partial charge in [-0.1, -0.05) is 0 Å². The summed E-state index contributed by atoms with van der Waals surface area (Å²) in [4.78, 5) is 11.1. The summed E-state index contributed by atoms with van der Waals surface area (Å²) in [7, 11) is 0. The number of fused-ring (bicyclic) bond motifs is 1. The number of aromatic hydroxyl groups is 1. The molecule has 1 heterocycles. The number of alkyl halides is 2. The summed E-state index contributed by atoms with van der Waals surface area (Å²) in [6, 6.07) is 0.727. The zero-order valence-electron chi connectivity index (χ0n) is 11.6. The van der Waals surface area contributed by atoms with Gasteiger partial charge in [0.25, 0.3) is 0 Å². The van der Waals surface area contributed by atoms with Crippen molar-refractivity contribution in [3.63, 3.8) is 0 Å². The molecule has 0 aliphatic carbocycles. The van der Waals surface area contributed by atoms with Crippen LogP contribution < -0.4 is 10.1 Å². The molecular formula is C14H4F7NO3. The number of benzene rings is 2. The molecule has 0 spiro atoms. The fourth-order valence-electron chi connectivity index (χ4n) is 2.17. The number of carbonyl (C=O) groups is 1. The van der Waals surface area contributed by atoms with Crippen molar-refractivity contribution in [2.75, 3.05) is 5.32 Å². The topological polar surface area (TPSA) is 58.6 Å². The Morgan fingerprint density at radius 1 is 0.960 bits per heavy atom. The molecule has 1 aliphatic heterocycles. The van der Waals surface area contributed by atoms with Crippen molar-refractivity contribution in [2.45, 2.75) is 6.11 Å². The predicted molar refractivity (Wildman–Crippen MR) is 67.5 cm³/mol. The van der Waals surface area contributed by atoms with Gasteiger partial charge < -0.3 is 15.2 Å². The monoisotopic (exact) mass is 367 g/mol. The first-order valence-electron chi connectivity index (χ1n) is 6.31. The summed E-state index contributed by atoms with van der Waals surface area (Å²) in [5, 5.41) is 10.7. The van der Waals surface area contributed by atoms with Crippen LogP contribution in [-0.4, -0.2) is 17.1 Å². The Morgan fingerprint density at radius 2 is 1.60 bits per heavy atom. The normalized spacial score (nSPS) is 15.4. The summed E-state index contributed by atoms with van der Waals surface area (Å²) >= 11 is 0. The van der Waals surface area contributed by atoms with Crippen LogP contribution in [-0.2, 0) is 4.79 Å². The Kier molecular flexibility index (Phi) is 3.55. The van der Waals surface area contributed by atoms with Crippen molar-refractivity contribution in [3.05, 3.63) is 41.2 Å². The molecule has 2 aromatic carbocycles. The average molecular weight is 367 g/mol. The Labute approximate surface area is 133 Å². The lowest BCUT2D eigenvalue weighted by molar-refractivity contribution is -0.189. The molecule has 0 atom stereocenters. The van der Waals surface area contributed by atoms with Gasteiger partial charge >= 0.3 is 12.0 Å². The van der Waals surface area contributed by atoms with Crippen LogP contribution in [0.25, 0.3) is 11.1 Å². The first-order valence-corrected chi connectivity index (χ1v) is 6.31. The van der Waals surface area contributed by atoms with E-state index in [9.17, 15) is 35.5 Å². The fraction of sp³-hybridized carbons (Fsp3) is 0.0714. The second kappa shape index (κ2) is 5.26.